The molecule has 154 valence electrons. The minimum atomic E-state index is -3.95. The Kier molecular flexibility index (Phi) is 5.86. The highest BCUT2D eigenvalue weighted by molar-refractivity contribution is 7.86. The summed E-state index contributed by atoms with van der Waals surface area (Å²) in [5.41, 5.74) is 4.67. The molecule has 6 heteroatoms. The number of rotatable bonds is 6. The van der Waals surface area contributed by atoms with Crippen LogP contribution in [0.4, 0.5) is 0 Å². The van der Waals surface area contributed by atoms with Gasteiger partial charge in [-0.2, -0.15) is 8.42 Å². The predicted molar refractivity (Wildman–Crippen MR) is 116 cm³/mol. The highest BCUT2D eigenvalue weighted by atomic mass is 32.2. The Labute approximate surface area is 177 Å². The van der Waals surface area contributed by atoms with E-state index in [1.54, 1.807) is 12.1 Å². The lowest BCUT2D eigenvalue weighted by Crippen LogP contribution is -2.14. The standard InChI is InChI=1S/C24H23NO4S/c1-18-10-14-22(15-11-18)30(26,27)29-25-24-9-5-8-20-12-13-21(16-23(20)24)28-17-19-6-3-2-4-7-19/h2-4,6-7,10-16H,5,8-9,17H2,1H3/b25-24+. The van der Waals surface area contributed by atoms with Crippen LogP contribution in [0, 0.1) is 6.92 Å². The van der Waals surface area contributed by atoms with Gasteiger partial charge in [-0.15, -0.1) is 0 Å². The summed E-state index contributed by atoms with van der Waals surface area (Å²) in [4.78, 5) is 0.0911. The lowest BCUT2D eigenvalue weighted by Gasteiger charge is -2.18. The molecule has 0 saturated carbocycles. The zero-order valence-electron chi connectivity index (χ0n) is 16.7. The average Bonchev–Trinajstić information content (AvgIpc) is 2.77. The van der Waals surface area contributed by atoms with Gasteiger partial charge < -0.3 is 4.74 Å². The molecule has 0 aromatic heterocycles. The van der Waals surface area contributed by atoms with Crippen molar-refractivity contribution in [3.63, 3.8) is 0 Å². The van der Waals surface area contributed by atoms with Crippen molar-refractivity contribution >= 4 is 15.8 Å². The number of fused-ring (bicyclic) bond motifs is 1. The molecule has 0 spiro atoms. The molecular formula is C24H23NO4S. The number of hydrogen-bond acceptors (Lipinski definition) is 5. The summed E-state index contributed by atoms with van der Waals surface area (Å²) in [6.45, 7) is 2.36. The van der Waals surface area contributed by atoms with Gasteiger partial charge in [0.05, 0.1) is 5.71 Å². The maximum atomic E-state index is 12.5. The zero-order valence-corrected chi connectivity index (χ0v) is 17.6. The first kappa shape index (κ1) is 20.2. The molecule has 4 rings (SSSR count). The Morgan fingerprint density at radius 2 is 1.70 bits per heavy atom. The van der Waals surface area contributed by atoms with Gasteiger partial charge in [0.1, 0.15) is 17.3 Å². The third-order valence-corrected chi connectivity index (χ3v) is 6.18. The van der Waals surface area contributed by atoms with Crippen molar-refractivity contribution in [1.29, 1.82) is 0 Å². The van der Waals surface area contributed by atoms with Crippen LogP contribution in [0.25, 0.3) is 0 Å². The largest absolute Gasteiger partial charge is 0.489 e. The van der Waals surface area contributed by atoms with Gasteiger partial charge in [-0.3, -0.25) is 4.28 Å². The number of benzene rings is 3. The van der Waals surface area contributed by atoms with Crippen LogP contribution in [0.2, 0.25) is 0 Å². The van der Waals surface area contributed by atoms with Crippen LogP contribution in [0.15, 0.2) is 82.8 Å². The first-order valence-electron chi connectivity index (χ1n) is 9.88. The summed E-state index contributed by atoms with van der Waals surface area (Å²) in [6, 6.07) is 22.3. The first-order valence-corrected chi connectivity index (χ1v) is 11.3. The predicted octanol–water partition coefficient (Wildman–Crippen LogP) is 5.02. The molecule has 30 heavy (non-hydrogen) atoms. The summed E-state index contributed by atoms with van der Waals surface area (Å²) in [7, 11) is -3.95. The van der Waals surface area contributed by atoms with E-state index >= 15 is 0 Å². The van der Waals surface area contributed by atoms with Crippen molar-refractivity contribution < 1.29 is 17.4 Å². The minimum absolute atomic E-state index is 0.0911. The van der Waals surface area contributed by atoms with Crippen molar-refractivity contribution in [3.05, 3.63) is 95.1 Å². The monoisotopic (exact) mass is 421 g/mol. The van der Waals surface area contributed by atoms with Crippen LogP contribution in [-0.2, 0) is 27.4 Å². The van der Waals surface area contributed by atoms with Gasteiger partial charge in [-0.25, -0.2) is 0 Å². The summed E-state index contributed by atoms with van der Waals surface area (Å²) in [5, 5.41) is 4.03. The van der Waals surface area contributed by atoms with E-state index in [1.807, 2.05) is 55.5 Å². The fourth-order valence-electron chi connectivity index (χ4n) is 3.39. The van der Waals surface area contributed by atoms with Crippen molar-refractivity contribution in [2.24, 2.45) is 5.16 Å². The van der Waals surface area contributed by atoms with Crippen LogP contribution in [-0.4, -0.2) is 14.1 Å². The van der Waals surface area contributed by atoms with Gasteiger partial charge in [0.15, 0.2) is 0 Å². The number of oxime groups is 1. The molecule has 0 saturated heterocycles. The smallest absolute Gasteiger partial charge is 0.358 e. The molecule has 0 radical (unpaired) electrons. The van der Waals surface area contributed by atoms with E-state index in [-0.39, 0.29) is 4.90 Å². The van der Waals surface area contributed by atoms with Crippen LogP contribution in [0.3, 0.4) is 0 Å². The Morgan fingerprint density at radius 1 is 0.933 bits per heavy atom. The Balaban J connectivity index is 1.54. The average molecular weight is 422 g/mol. The fourth-order valence-corrected chi connectivity index (χ4v) is 4.13. The number of ether oxygens (including phenoxy) is 1. The van der Waals surface area contributed by atoms with Gasteiger partial charge in [0, 0.05) is 5.56 Å². The normalized spacial score (nSPS) is 14.9. The molecule has 0 unspecified atom stereocenters. The lowest BCUT2D eigenvalue weighted by atomic mass is 9.90. The highest BCUT2D eigenvalue weighted by Crippen LogP contribution is 2.27. The zero-order chi connectivity index (χ0) is 21.0. The Bertz CT molecular complexity index is 1150. The molecule has 0 heterocycles. The van der Waals surface area contributed by atoms with Crippen LogP contribution in [0.1, 0.15) is 35.1 Å². The number of hydrogen-bond donors (Lipinski definition) is 0. The topological polar surface area (TPSA) is 65.0 Å². The Morgan fingerprint density at radius 3 is 2.47 bits per heavy atom. The molecule has 0 N–H and O–H groups in total. The second kappa shape index (κ2) is 8.71. The lowest BCUT2D eigenvalue weighted by molar-refractivity contribution is 0.306. The molecule has 0 bridgehead atoms. The quantitative estimate of drug-likeness (QED) is 0.524. The summed E-state index contributed by atoms with van der Waals surface area (Å²) in [5.74, 6) is 0.716. The number of nitrogens with zero attached hydrogens (tertiary/aromatic N) is 1. The van der Waals surface area contributed by atoms with Gasteiger partial charge in [-0.1, -0.05) is 59.3 Å². The molecule has 0 atom stereocenters. The minimum Gasteiger partial charge on any atom is -0.489 e. The third kappa shape index (κ3) is 4.71. The van der Waals surface area contributed by atoms with E-state index in [0.717, 1.165) is 35.1 Å². The van der Waals surface area contributed by atoms with E-state index in [0.29, 0.717) is 24.5 Å². The molecule has 3 aromatic carbocycles. The fraction of sp³-hybridized carbons (Fsp3) is 0.208. The van der Waals surface area contributed by atoms with Gasteiger partial charge in [0.2, 0.25) is 0 Å². The van der Waals surface area contributed by atoms with Crippen LogP contribution < -0.4 is 4.74 Å². The molecule has 5 nitrogen and oxygen atoms in total. The van der Waals surface area contributed by atoms with Crippen molar-refractivity contribution in [1.82, 2.24) is 0 Å². The Hall–Kier alpha value is -3.12. The van der Waals surface area contributed by atoms with Gasteiger partial charge in [0.25, 0.3) is 0 Å². The second-order valence-corrected chi connectivity index (χ2v) is 8.86. The van der Waals surface area contributed by atoms with Crippen LogP contribution >= 0.6 is 0 Å². The first-order chi connectivity index (χ1) is 14.5. The van der Waals surface area contributed by atoms with Gasteiger partial charge >= 0.3 is 10.1 Å². The molecule has 0 amide bonds. The summed E-state index contributed by atoms with van der Waals surface area (Å²) < 4.78 is 35.9. The maximum Gasteiger partial charge on any atom is 0.358 e. The molecular weight excluding hydrogens is 398 g/mol. The van der Waals surface area contributed by atoms with E-state index in [2.05, 4.69) is 5.16 Å². The summed E-state index contributed by atoms with van der Waals surface area (Å²) >= 11 is 0. The second-order valence-electron chi connectivity index (χ2n) is 7.33. The molecule has 0 aliphatic heterocycles. The molecule has 0 fully saturated rings. The highest BCUT2D eigenvalue weighted by Gasteiger charge is 2.20. The van der Waals surface area contributed by atoms with Crippen molar-refractivity contribution in [2.75, 3.05) is 0 Å². The van der Waals surface area contributed by atoms with E-state index in [1.165, 1.54) is 12.1 Å². The molecule has 1 aliphatic rings. The SMILES string of the molecule is Cc1ccc(S(=O)(=O)O/N=C2\CCCc3ccc(OCc4ccccc4)cc32)cc1. The van der Waals surface area contributed by atoms with Gasteiger partial charge in [-0.05, 0) is 61.6 Å². The molecule has 1 aliphatic carbocycles. The summed E-state index contributed by atoms with van der Waals surface area (Å²) in [6.07, 6.45) is 2.46. The van der Waals surface area contributed by atoms with E-state index < -0.39 is 10.1 Å². The third-order valence-electron chi connectivity index (χ3n) is 5.06. The van der Waals surface area contributed by atoms with Crippen molar-refractivity contribution in [3.8, 4) is 5.75 Å². The maximum absolute atomic E-state index is 12.5. The molecule has 3 aromatic rings. The number of aryl methyl sites for hydroxylation is 2. The van der Waals surface area contributed by atoms with Crippen molar-refractivity contribution in [2.45, 2.75) is 37.7 Å². The van der Waals surface area contributed by atoms with Crippen LogP contribution in [0.5, 0.6) is 5.75 Å². The van der Waals surface area contributed by atoms with E-state index in [4.69, 9.17) is 9.02 Å². The van der Waals surface area contributed by atoms with E-state index in [9.17, 15) is 8.42 Å².